The van der Waals surface area contributed by atoms with Crippen LogP contribution in [0.4, 0.5) is 0 Å². The van der Waals surface area contributed by atoms with Crippen molar-refractivity contribution in [2.75, 3.05) is 20.3 Å². The first-order valence-electron chi connectivity index (χ1n) is 5.08. The van der Waals surface area contributed by atoms with Crippen molar-refractivity contribution in [1.82, 2.24) is 5.32 Å². The Bertz CT molecular complexity index is 258. The standard InChI is InChI=1S/C11H19NO2/c1-4-10-5-6-11(14-10)9(2)12-7-8-13-3/h5-6,9,12H,4,7-8H2,1-3H3. The van der Waals surface area contributed by atoms with Crippen molar-refractivity contribution in [3.8, 4) is 0 Å². The highest BCUT2D eigenvalue weighted by atomic mass is 16.5. The summed E-state index contributed by atoms with van der Waals surface area (Å²) in [7, 11) is 1.70. The van der Waals surface area contributed by atoms with Gasteiger partial charge in [-0.1, -0.05) is 6.92 Å². The van der Waals surface area contributed by atoms with Gasteiger partial charge in [0.05, 0.1) is 12.6 Å². The van der Waals surface area contributed by atoms with Crippen LogP contribution in [0.3, 0.4) is 0 Å². The quantitative estimate of drug-likeness (QED) is 0.709. The lowest BCUT2D eigenvalue weighted by molar-refractivity contribution is 0.195. The number of nitrogens with one attached hydrogen (secondary N) is 1. The minimum absolute atomic E-state index is 0.255. The average Bonchev–Trinajstić information content (AvgIpc) is 2.66. The number of hydrogen-bond donors (Lipinski definition) is 1. The highest BCUT2D eigenvalue weighted by Crippen LogP contribution is 2.16. The van der Waals surface area contributed by atoms with E-state index in [-0.39, 0.29) is 6.04 Å². The summed E-state index contributed by atoms with van der Waals surface area (Å²) in [5.74, 6) is 2.04. The zero-order chi connectivity index (χ0) is 10.4. The van der Waals surface area contributed by atoms with Gasteiger partial charge in [0.2, 0.25) is 0 Å². The van der Waals surface area contributed by atoms with E-state index in [0.29, 0.717) is 0 Å². The molecule has 14 heavy (non-hydrogen) atoms. The maximum atomic E-state index is 5.62. The Morgan fingerprint density at radius 1 is 1.50 bits per heavy atom. The van der Waals surface area contributed by atoms with Crippen molar-refractivity contribution in [2.24, 2.45) is 0 Å². The van der Waals surface area contributed by atoms with Crippen molar-refractivity contribution in [3.05, 3.63) is 23.7 Å². The first-order chi connectivity index (χ1) is 6.77. The van der Waals surface area contributed by atoms with Crippen LogP contribution < -0.4 is 5.32 Å². The summed E-state index contributed by atoms with van der Waals surface area (Å²) in [4.78, 5) is 0. The first-order valence-corrected chi connectivity index (χ1v) is 5.08. The molecule has 3 nitrogen and oxygen atoms in total. The third-order valence-electron chi connectivity index (χ3n) is 2.21. The maximum Gasteiger partial charge on any atom is 0.120 e. The van der Waals surface area contributed by atoms with Gasteiger partial charge in [0.25, 0.3) is 0 Å². The van der Waals surface area contributed by atoms with Crippen LogP contribution in [0, 0.1) is 0 Å². The lowest BCUT2D eigenvalue weighted by Gasteiger charge is -2.10. The summed E-state index contributed by atoms with van der Waals surface area (Å²) in [6.45, 7) is 5.76. The van der Waals surface area contributed by atoms with Gasteiger partial charge in [0, 0.05) is 20.1 Å². The van der Waals surface area contributed by atoms with Crippen LogP contribution in [-0.4, -0.2) is 20.3 Å². The van der Waals surface area contributed by atoms with Crippen LogP contribution in [0.5, 0.6) is 0 Å². The van der Waals surface area contributed by atoms with Gasteiger partial charge in [-0.05, 0) is 19.1 Å². The van der Waals surface area contributed by atoms with Gasteiger partial charge in [0.15, 0.2) is 0 Å². The second-order valence-corrected chi connectivity index (χ2v) is 3.33. The zero-order valence-electron chi connectivity index (χ0n) is 9.17. The predicted molar refractivity (Wildman–Crippen MR) is 56.4 cm³/mol. The normalized spacial score (nSPS) is 13.1. The molecule has 0 amide bonds. The molecule has 1 aromatic heterocycles. The topological polar surface area (TPSA) is 34.4 Å². The fourth-order valence-corrected chi connectivity index (χ4v) is 1.30. The minimum atomic E-state index is 0.255. The first kappa shape index (κ1) is 11.3. The zero-order valence-corrected chi connectivity index (χ0v) is 9.17. The summed E-state index contributed by atoms with van der Waals surface area (Å²) >= 11 is 0. The van der Waals surface area contributed by atoms with Crippen molar-refractivity contribution in [2.45, 2.75) is 26.3 Å². The molecule has 0 aliphatic carbocycles. The van der Waals surface area contributed by atoms with Gasteiger partial charge in [0.1, 0.15) is 11.5 Å². The molecule has 0 saturated heterocycles. The van der Waals surface area contributed by atoms with Gasteiger partial charge >= 0.3 is 0 Å². The third kappa shape index (κ3) is 3.16. The van der Waals surface area contributed by atoms with E-state index in [1.54, 1.807) is 7.11 Å². The number of aryl methyl sites for hydroxylation is 1. The second-order valence-electron chi connectivity index (χ2n) is 3.33. The molecule has 0 aliphatic rings. The average molecular weight is 197 g/mol. The van der Waals surface area contributed by atoms with E-state index < -0.39 is 0 Å². The van der Waals surface area contributed by atoms with Crippen LogP contribution in [0.15, 0.2) is 16.5 Å². The molecule has 0 aliphatic heterocycles. The molecule has 0 fully saturated rings. The molecule has 80 valence electrons. The van der Waals surface area contributed by atoms with E-state index in [1.165, 1.54) is 0 Å². The molecule has 0 aromatic carbocycles. The summed E-state index contributed by atoms with van der Waals surface area (Å²) in [5.41, 5.74) is 0. The number of ether oxygens (including phenoxy) is 1. The Morgan fingerprint density at radius 2 is 2.29 bits per heavy atom. The van der Waals surface area contributed by atoms with Crippen molar-refractivity contribution in [3.63, 3.8) is 0 Å². The highest BCUT2D eigenvalue weighted by molar-refractivity contribution is 5.09. The Hall–Kier alpha value is -0.800. The molecule has 1 rings (SSSR count). The number of rotatable bonds is 6. The Labute approximate surface area is 85.4 Å². The molecular weight excluding hydrogens is 178 g/mol. The predicted octanol–water partition coefficient (Wildman–Crippen LogP) is 2.14. The molecule has 1 unspecified atom stereocenters. The number of methoxy groups -OCH3 is 1. The monoisotopic (exact) mass is 197 g/mol. The molecule has 1 N–H and O–H groups in total. The lowest BCUT2D eigenvalue weighted by Crippen LogP contribution is -2.22. The fourth-order valence-electron chi connectivity index (χ4n) is 1.30. The molecule has 3 heteroatoms. The molecule has 0 bridgehead atoms. The van der Waals surface area contributed by atoms with Crippen molar-refractivity contribution >= 4 is 0 Å². The van der Waals surface area contributed by atoms with E-state index in [1.807, 2.05) is 12.1 Å². The largest absolute Gasteiger partial charge is 0.464 e. The van der Waals surface area contributed by atoms with Crippen LogP contribution in [0.25, 0.3) is 0 Å². The number of hydrogen-bond acceptors (Lipinski definition) is 3. The SMILES string of the molecule is CCc1ccc(C(C)NCCOC)o1. The molecule has 1 atom stereocenters. The van der Waals surface area contributed by atoms with Gasteiger partial charge in [-0.3, -0.25) is 0 Å². The summed E-state index contributed by atoms with van der Waals surface area (Å²) in [6.07, 6.45) is 0.949. The van der Waals surface area contributed by atoms with Crippen LogP contribution in [0.1, 0.15) is 31.4 Å². The molecule has 1 aromatic rings. The van der Waals surface area contributed by atoms with E-state index >= 15 is 0 Å². The van der Waals surface area contributed by atoms with Gasteiger partial charge in [-0.15, -0.1) is 0 Å². The smallest absolute Gasteiger partial charge is 0.120 e. The van der Waals surface area contributed by atoms with Gasteiger partial charge in [-0.25, -0.2) is 0 Å². The van der Waals surface area contributed by atoms with Gasteiger partial charge < -0.3 is 14.5 Å². The molecule has 0 saturated carbocycles. The lowest BCUT2D eigenvalue weighted by atomic mass is 10.2. The van der Waals surface area contributed by atoms with Crippen LogP contribution >= 0.6 is 0 Å². The highest BCUT2D eigenvalue weighted by Gasteiger charge is 2.08. The van der Waals surface area contributed by atoms with Crippen LogP contribution in [-0.2, 0) is 11.2 Å². The summed E-state index contributed by atoms with van der Waals surface area (Å²) < 4.78 is 10.6. The van der Waals surface area contributed by atoms with E-state index in [0.717, 1.165) is 31.1 Å². The Kier molecular flexibility index (Phi) is 4.70. The molecule has 1 heterocycles. The molecular formula is C11H19NO2. The maximum absolute atomic E-state index is 5.62. The minimum Gasteiger partial charge on any atom is -0.464 e. The van der Waals surface area contributed by atoms with Gasteiger partial charge in [-0.2, -0.15) is 0 Å². The fraction of sp³-hybridized carbons (Fsp3) is 0.636. The second kappa shape index (κ2) is 5.83. The van der Waals surface area contributed by atoms with E-state index in [2.05, 4.69) is 19.2 Å². The van der Waals surface area contributed by atoms with Crippen LogP contribution in [0.2, 0.25) is 0 Å². The van der Waals surface area contributed by atoms with E-state index in [9.17, 15) is 0 Å². The third-order valence-corrected chi connectivity index (χ3v) is 2.21. The molecule has 0 spiro atoms. The molecule has 0 radical (unpaired) electrons. The van der Waals surface area contributed by atoms with Crippen molar-refractivity contribution < 1.29 is 9.15 Å². The Balaban J connectivity index is 2.39. The van der Waals surface area contributed by atoms with E-state index in [4.69, 9.17) is 9.15 Å². The van der Waals surface area contributed by atoms with Crippen molar-refractivity contribution in [1.29, 1.82) is 0 Å². The summed E-state index contributed by atoms with van der Waals surface area (Å²) in [5, 5.41) is 3.32. The summed E-state index contributed by atoms with van der Waals surface area (Å²) in [6, 6.07) is 4.32. The Morgan fingerprint density at radius 3 is 2.86 bits per heavy atom. The number of furan rings is 1.